The summed E-state index contributed by atoms with van der Waals surface area (Å²) >= 11 is 1.50. The van der Waals surface area contributed by atoms with E-state index in [2.05, 4.69) is 15.5 Å². The van der Waals surface area contributed by atoms with Gasteiger partial charge in [0.25, 0.3) is 5.91 Å². The number of rotatable bonds is 4. The number of carbonyl (C=O) groups is 2. The standard InChI is InChI=1S/C16H21N3O2S/c20-15-11-22-14-5-4-12(10-13(14)18-15)16(21)17-6-9-19-7-2-1-3-8-19/h4-5,10H,1-3,6-9,11H2,(H,17,21)(H,18,20). The fourth-order valence-corrected chi connectivity index (χ4v) is 3.63. The Morgan fingerprint density at radius 2 is 2.09 bits per heavy atom. The molecule has 0 saturated carbocycles. The van der Waals surface area contributed by atoms with E-state index in [0.717, 1.165) is 30.2 Å². The first-order valence-electron chi connectivity index (χ1n) is 7.79. The van der Waals surface area contributed by atoms with Crippen LogP contribution in [0.5, 0.6) is 0 Å². The molecule has 0 bridgehead atoms. The quantitative estimate of drug-likeness (QED) is 0.890. The van der Waals surface area contributed by atoms with Crippen molar-refractivity contribution in [3.05, 3.63) is 23.8 Å². The number of amides is 2. The summed E-state index contributed by atoms with van der Waals surface area (Å²) in [6.07, 6.45) is 3.84. The lowest BCUT2D eigenvalue weighted by atomic mass is 10.1. The summed E-state index contributed by atoms with van der Waals surface area (Å²) < 4.78 is 0. The fourth-order valence-electron chi connectivity index (χ4n) is 2.84. The maximum Gasteiger partial charge on any atom is 0.251 e. The molecular formula is C16H21N3O2S. The number of thioether (sulfide) groups is 1. The minimum absolute atomic E-state index is 0.0137. The summed E-state index contributed by atoms with van der Waals surface area (Å²) in [6, 6.07) is 5.48. The lowest BCUT2D eigenvalue weighted by Gasteiger charge is -2.26. The lowest BCUT2D eigenvalue weighted by molar-refractivity contribution is -0.113. The summed E-state index contributed by atoms with van der Waals surface area (Å²) in [6.45, 7) is 3.84. The fraction of sp³-hybridized carbons (Fsp3) is 0.500. The molecule has 1 fully saturated rings. The number of anilines is 1. The molecule has 0 spiro atoms. The van der Waals surface area contributed by atoms with E-state index in [0.29, 0.717) is 17.9 Å². The molecule has 0 aromatic heterocycles. The lowest BCUT2D eigenvalue weighted by Crippen LogP contribution is -2.37. The van der Waals surface area contributed by atoms with Crippen molar-refractivity contribution < 1.29 is 9.59 Å². The third kappa shape index (κ3) is 3.81. The molecule has 2 amide bonds. The van der Waals surface area contributed by atoms with E-state index in [4.69, 9.17) is 0 Å². The van der Waals surface area contributed by atoms with Gasteiger partial charge in [-0.05, 0) is 44.1 Å². The van der Waals surface area contributed by atoms with Crippen LogP contribution in [0.1, 0.15) is 29.6 Å². The van der Waals surface area contributed by atoms with Crippen LogP contribution in [0.4, 0.5) is 5.69 Å². The van der Waals surface area contributed by atoms with Gasteiger partial charge in [0, 0.05) is 23.5 Å². The Balaban J connectivity index is 1.53. The monoisotopic (exact) mass is 319 g/mol. The van der Waals surface area contributed by atoms with Crippen LogP contribution in [0, 0.1) is 0 Å². The number of likely N-dealkylation sites (tertiary alicyclic amines) is 1. The van der Waals surface area contributed by atoms with E-state index in [1.807, 2.05) is 12.1 Å². The molecule has 118 valence electrons. The second-order valence-electron chi connectivity index (χ2n) is 5.71. The van der Waals surface area contributed by atoms with Crippen LogP contribution >= 0.6 is 11.8 Å². The van der Waals surface area contributed by atoms with E-state index >= 15 is 0 Å². The smallest absolute Gasteiger partial charge is 0.251 e. The Labute approximate surface area is 134 Å². The molecule has 0 aliphatic carbocycles. The number of carbonyl (C=O) groups excluding carboxylic acids is 2. The highest BCUT2D eigenvalue weighted by Crippen LogP contribution is 2.31. The summed E-state index contributed by atoms with van der Waals surface area (Å²) in [4.78, 5) is 27.0. The number of piperidine rings is 1. The maximum atomic E-state index is 12.2. The van der Waals surface area contributed by atoms with Crippen molar-refractivity contribution in [2.75, 3.05) is 37.2 Å². The first-order valence-corrected chi connectivity index (χ1v) is 8.78. The van der Waals surface area contributed by atoms with Crippen LogP contribution in [0.3, 0.4) is 0 Å². The van der Waals surface area contributed by atoms with E-state index in [1.165, 1.54) is 31.0 Å². The van der Waals surface area contributed by atoms with E-state index in [9.17, 15) is 9.59 Å². The number of nitrogens with zero attached hydrogens (tertiary/aromatic N) is 1. The van der Waals surface area contributed by atoms with Crippen LogP contribution < -0.4 is 10.6 Å². The Bertz CT molecular complexity index is 571. The Kier molecular flexibility index (Phi) is 5.00. The summed E-state index contributed by atoms with van der Waals surface area (Å²) in [5.74, 6) is 0.346. The van der Waals surface area contributed by atoms with Crippen molar-refractivity contribution in [1.82, 2.24) is 10.2 Å². The van der Waals surface area contributed by atoms with Crippen LogP contribution in [0.25, 0.3) is 0 Å². The molecule has 1 saturated heterocycles. The molecule has 0 atom stereocenters. The number of benzene rings is 1. The number of hydrogen-bond acceptors (Lipinski definition) is 4. The SMILES string of the molecule is O=C1CSc2ccc(C(=O)NCCN3CCCCC3)cc2N1. The van der Waals surface area contributed by atoms with Gasteiger partial charge in [0.15, 0.2) is 0 Å². The third-order valence-corrected chi connectivity index (χ3v) is 5.11. The zero-order chi connectivity index (χ0) is 15.4. The van der Waals surface area contributed by atoms with Gasteiger partial charge in [-0.2, -0.15) is 0 Å². The average Bonchev–Trinajstić information content (AvgIpc) is 2.55. The van der Waals surface area contributed by atoms with Gasteiger partial charge in [-0.1, -0.05) is 6.42 Å². The van der Waals surface area contributed by atoms with Gasteiger partial charge in [-0.25, -0.2) is 0 Å². The molecule has 2 N–H and O–H groups in total. The molecule has 5 nitrogen and oxygen atoms in total. The minimum Gasteiger partial charge on any atom is -0.351 e. The van der Waals surface area contributed by atoms with E-state index in [1.54, 1.807) is 6.07 Å². The highest BCUT2D eigenvalue weighted by Gasteiger charge is 2.17. The van der Waals surface area contributed by atoms with Gasteiger partial charge in [-0.3, -0.25) is 9.59 Å². The zero-order valence-corrected chi connectivity index (χ0v) is 13.4. The van der Waals surface area contributed by atoms with Gasteiger partial charge < -0.3 is 15.5 Å². The molecule has 3 rings (SSSR count). The highest BCUT2D eigenvalue weighted by molar-refractivity contribution is 8.00. The second kappa shape index (κ2) is 7.15. The van der Waals surface area contributed by atoms with Crippen LogP contribution in [-0.2, 0) is 4.79 Å². The van der Waals surface area contributed by atoms with Gasteiger partial charge >= 0.3 is 0 Å². The molecule has 0 unspecified atom stereocenters. The number of nitrogens with one attached hydrogen (secondary N) is 2. The highest BCUT2D eigenvalue weighted by atomic mass is 32.2. The maximum absolute atomic E-state index is 12.2. The van der Waals surface area contributed by atoms with Crippen molar-refractivity contribution in [2.45, 2.75) is 24.2 Å². The average molecular weight is 319 g/mol. The van der Waals surface area contributed by atoms with Crippen molar-refractivity contribution in [2.24, 2.45) is 0 Å². The Morgan fingerprint density at radius 1 is 1.27 bits per heavy atom. The van der Waals surface area contributed by atoms with E-state index in [-0.39, 0.29) is 11.8 Å². The zero-order valence-electron chi connectivity index (χ0n) is 12.6. The normalized spacial score (nSPS) is 18.5. The van der Waals surface area contributed by atoms with Crippen molar-refractivity contribution in [3.63, 3.8) is 0 Å². The van der Waals surface area contributed by atoms with Crippen LogP contribution in [0.15, 0.2) is 23.1 Å². The van der Waals surface area contributed by atoms with Crippen LogP contribution in [0.2, 0.25) is 0 Å². The summed E-state index contributed by atoms with van der Waals surface area (Å²) in [7, 11) is 0. The first-order chi connectivity index (χ1) is 10.7. The minimum atomic E-state index is -0.0790. The first kappa shape index (κ1) is 15.4. The van der Waals surface area contributed by atoms with E-state index < -0.39 is 0 Å². The predicted molar refractivity (Wildman–Crippen MR) is 88.4 cm³/mol. The molecule has 2 aliphatic heterocycles. The van der Waals surface area contributed by atoms with Crippen molar-refractivity contribution in [3.8, 4) is 0 Å². The van der Waals surface area contributed by atoms with Crippen molar-refractivity contribution in [1.29, 1.82) is 0 Å². The molecule has 2 heterocycles. The molecule has 6 heteroatoms. The van der Waals surface area contributed by atoms with Gasteiger partial charge in [-0.15, -0.1) is 11.8 Å². The molecule has 2 aliphatic rings. The summed E-state index contributed by atoms with van der Waals surface area (Å²) in [5.41, 5.74) is 1.34. The number of fused-ring (bicyclic) bond motifs is 1. The molecular weight excluding hydrogens is 298 g/mol. The molecule has 1 aromatic rings. The number of hydrogen-bond donors (Lipinski definition) is 2. The summed E-state index contributed by atoms with van der Waals surface area (Å²) in [5, 5.41) is 5.78. The molecule has 22 heavy (non-hydrogen) atoms. The largest absolute Gasteiger partial charge is 0.351 e. The Hall–Kier alpha value is -1.53. The Morgan fingerprint density at radius 3 is 2.91 bits per heavy atom. The van der Waals surface area contributed by atoms with Crippen molar-refractivity contribution >= 4 is 29.3 Å². The van der Waals surface area contributed by atoms with Gasteiger partial charge in [0.05, 0.1) is 11.4 Å². The van der Waals surface area contributed by atoms with Gasteiger partial charge in [0.2, 0.25) is 5.91 Å². The topological polar surface area (TPSA) is 61.4 Å². The van der Waals surface area contributed by atoms with Crippen LogP contribution in [-0.4, -0.2) is 48.6 Å². The molecule has 1 aromatic carbocycles. The molecule has 0 radical (unpaired) electrons. The predicted octanol–water partition coefficient (Wildman–Crippen LogP) is 1.95. The van der Waals surface area contributed by atoms with Gasteiger partial charge in [0.1, 0.15) is 0 Å². The second-order valence-corrected chi connectivity index (χ2v) is 6.72. The third-order valence-electron chi connectivity index (χ3n) is 4.04.